The molecule has 2 fully saturated rings. The van der Waals surface area contributed by atoms with E-state index in [0.717, 1.165) is 31.9 Å². The molecular weight excluding hydrogens is 312 g/mol. The summed E-state index contributed by atoms with van der Waals surface area (Å²) in [5.41, 5.74) is 3.48. The number of piperidine rings is 1. The van der Waals surface area contributed by atoms with Gasteiger partial charge in [0.1, 0.15) is 0 Å². The van der Waals surface area contributed by atoms with Gasteiger partial charge in [0.2, 0.25) is 5.91 Å². The van der Waals surface area contributed by atoms with Crippen molar-refractivity contribution >= 4 is 11.6 Å². The summed E-state index contributed by atoms with van der Waals surface area (Å²) in [4.78, 5) is 19.6. The van der Waals surface area contributed by atoms with Gasteiger partial charge in [-0.25, -0.2) is 0 Å². The average molecular weight is 345 g/mol. The van der Waals surface area contributed by atoms with Crippen LogP contribution in [0.4, 0.5) is 5.69 Å². The number of likely N-dealkylation sites (tertiary alicyclic amines) is 1. The first-order chi connectivity index (χ1) is 12.0. The van der Waals surface area contributed by atoms with Crippen molar-refractivity contribution in [3.63, 3.8) is 0 Å². The molecule has 25 heavy (non-hydrogen) atoms. The first kappa shape index (κ1) is 18.2. The molecule has 2 aliphatic rings. The molecule has 138 valence electrons. The Morgan fingerprint density at radius 2 is 1.80 bits per heavy atom. The Hall–Kier alpha value is -1.59. The Bertz CT molecular complexity index is 575. The quantitative estimate of drug-likeness (QED) is 0.906. The lowest BCUT2D eigenvalue weighted by atomic mass is 10.0. The number of piperazine rings is 1. The zero-order valence-corrected chi connectivity index (χ0v) is 15.9. The Morgan fingerprint density at radius 3 is 2.44 bits per heavy atom. The van der Waals surface area contributed by atoms with Crippen LogP contribution in [0.15, 0.2) is 18.2 Å². The van der Waals surface area contributed by atoms with Gasteiger partial charge in [0, 0.05) is 44.5 Å². The van der Waals surface area contributed by atoms with Crippen molar-refractivity contribution in [2.24, 2.45) is 0 Å². The predicted molar refractivity (Wildman–Crippen MR) is 103 cm³/mol. The largest absolute Gasteiger partial charge is 0.376 e. The third kappa shape index (κ3) is 4.53. The van der Waals surface area contributed by atoms with E-state index in [2.05, 4.69) is 54.2 Å². The van der Waals surface area contributed by atoms with Gasteiger partial charge in [-0.2, -0.15) is 0 Å². The molecule has 0 aliphatic carbocycles. The number of amides is 1. The molecule has 1 aromatic carbocycles. The van der Waals surface area contributed by atoms with Gasteiger partial charge < -0.3 is 15.1 Å². The summed E-state index contributed by atoms with van der Waals surface area (Å²) in [6, 6.07) is 6.89. The highest BCUT2D eigenvalue weighted by Gasteiger charge is 2.28. The molecule has 3 rings (SSSR count). The molecular formula is C20H32N4O. The summed E-state index contributed by atoms with van der Waals surface area (Å²) in [6.07, 6.45) is 2.59. The van der Waals surface area contributed by atoms with E-state index in [9.17, 15) is 4.79 Å². The molecule has 5 nitrogen and oxygen atoms in total. The van der Waals surface area contributed by atoms with Crippen molar-refractivity contribution in [3.8, 4) is 0 Å². The van der Waals surface area contributed by atoms with Crippen LogP contribution in [0.2, 0.25) is 0 Å². The van der Waals surface area contributed by atoms with E-state index in [1.807, 2.05) is 4.90 Å². The number of aryl methyl sites for hydroxylation is 2. The average Bonchev–Trinajstić information content (AvgIpc) is 2.61. The molecule has 5 heteroatoms. The highest BCUT2D eigenvalue weighted by Crippen LogP contribution is 2.20. The van der Waals surface area contributed by atoms with E-state index in [1.165, 1.54) is 37.1 Å². The van der Waals surface area contributed by atoms with E-state index in [-0.39, 0.29) is 5.91 Å². The molecule has 0 bridgehead atoms. The first-order valence-corrected chi connectivity index (χ1v) is 9.55. The summed E-state index contributed by atoms with van der Waals surface area (Å²) in [6.45, 7) is 10.7. The van der Waals surface area contributed by atoms with E-state index in [0.29, 0.717) is 12.6 Å². The second kappa shape index (κ2) is 8.19. The molecule has 1 aromatic rings. The Labute approximate surface area is 152 Å². The van der Waals surface area contributed by atoms with Gasteiger partial charge >= 0.3 is 0 Å². The molecule has 0 aromatic heterocycles. The van der Waals surface area contributed by atoms with Crippen molar-refractivity contribution in [1.29, 1.82) is 0 Å². The summed E-state index contributed by atoms with van der Waals surface area (Å²) in [5, 5.41) is 3.35. The third-order valence-corrected chi connectivity index (χ3v) is 5.68. The van der Waals surface area contributed by atoms with Crippen molar-refractivity contribution in [2.75, 3.05) is 58.2 Å². The third-order valence-electron chi connectivity index (χ3n) is 5.68. The zero-order valence-electron chi connectivity index (χ0n) is 15.9. The highest BCUT2D eigenvalue weighted by atomic mass is 16.2. The zero-order chi connectivity index (χ0) is 17.8. The lowest BCUT2D eigenvalue weighted by Gasteiger charge is -2.42. The van der Waals surface area contributed by atoms with Crippen LogP contribution in [0.1, 0.15) is 24.0 Å². The lowest BCUT2D eigenvalue weighted by Crippen LogP contribution is -2.56. The maximum atomic E-state index is 12.6. The fraction of sp³-hybridized carbons (Fsp3) is 0.650. The van der Waals surface area contributed by atoms with Gasteiger partial charge in [-0.05, 0) is 51.4 Å². The molecule has 1 atom stereocenters. The maximum absolute atomic E-state index is 12.6. The van der Waals surface area contributed by atoms with Gasteiger partial charge in [-0.1, -0.05) is 18.2 Å². The summed E-state index contributed by atoms with van der Waals surface area (Å²) < 4.78 is 0. The molecule has 2 heterocycles. The number of hydrogen-bond acceptors (Lipinski definition) is 4. The molecule has 0 saturated carbocycles. The monoisotopic (exact) mass is 344 g/mol. The molecule has 2 saturated heterocycles. The van der Waals surface area contributed by atoms with E-state index in [1.54, 1.807) is 0 Å². The number of carbonyl (C=O) groups is 1. The van der Waals surface area contributed by atoms with Crippen LogP contribution in [-0.4, -0.2) is 79.5 Å². The standard InChI is InChI=1S/C20H32N4O/c1-16-6-4-7-17(2)20(16)21-14-19(25)24-12-10-23(11-13-24)18-8-5-9-22(3)15-18/h4,6-7,18,21H,5,8-15H2,1-3H3/t18-/m1/s1. The number of carbonyl (C=O) groups excluding carboxylic acids is 1. The molecule has 1 amide bonds. The van der Waals surface area contributed by atoms with E-state index in [4.69, 9.17) is 0 Å². The van der Waals surface area contributed by atoms with Crippen molar-refractivity contribution in [1.82, 2.24) is 14.7 Å². The van der Waals surface area contributed by atoms with Gasteiger partial charge in [0.15, 0.2) is 0 Å². The number of rotatable bonds is 4. The van der Waals surface area contributed by atoms with Crippen LogP contribution >= 0.6 is 0 Å². The van der Waals surface area contributed by atoms with Gasteiger partial charge in [0.05, 0.1) is 6.54 Å². The number of benzene rings is 1. The number of nitrogens with zero attached hydrogens (tertiary/aromatic N) is 3. The van der Waals surface area contributed by atoms with Gasteiger partial charge in [-0.3, -0.25) is 9.69 Å². The fourth-order valence-electron chi connectivity index (χ4n) is 4.14. The Kier molecular flexibility index (Phi) is 5.97. The SMILES string of the molecule is Cc1cccc(C)c1NCC(=O)N1CCN([C@@H]2CCCN(C)C2)CC1. The van der Waals surface area contributed by atoms with Crippen LogP contribution < -0.4 is 5.32 Å². The summed E-state index contributed by atoms with van der Waals surface area (Å²) >= 11 is 0. The minimum absolute atomic E-state index is 0.211. The molecule has 1 N–H and O–H groups in total. The predicted octanol–water partition coefficient (Wildman–Crippen LogP) is 1.95. The molecule has 0 radical (unpaired) electrons. The molecule has 0 unspecified atom stereocenters. The number of hydrogen-bond donors (Lipinski definition) is 1. The minimum Gasteiger partial charge on any atom is -0.376 e. The van der Waals surface area contributed by atoms with E-state index >= 15 is 0 Å². The van der Waals surface area contributed by atoms with Crippen LogP contribution in [0.3, 0.4) is 0 Å². The lowest BCUT2D eigenvalue weighted by molar-refractivity contribution is -0.131. The van der Waals surface area contributed by atoms with Crippen molar-refractivity contribution < 1.29 is 4.79 Å². The number of anilines is 1. The number of likely N-dealkylation sites (N-methyl/N-ethyl adjacent to an activating group) is 1. The van der Waals surface area contributed by atoms with Crippen molar-refractivity contribution in [3.05, 3.63) is 29.3 Å². The van der Waals surface area contributed by atoms with Crippen LogP contribution in [-0.2, 0) is 4.79 Å². The normalized spacial score (nSPS) is 22.8. The summed E-state index contributed by atoms with van der Waals surface area (Å²) in [5.74, 6) is 0.211. The Balaban J connectivity index is 1.47. The van der Waals surface area contributed by atoms with Crippen molar-refractivity contribution in [2.45, 2.75) is 32.7 Å². The topological polar surface area (TPSA) is 38.8 Å². The summed E-state index contributed by atoms with van der Waals surface area (Å²) in [7, 11) is 2.21. The fourth-order valence-corrected chi connectivity index (χ4v) is 4.14. The highest BCUT2D eigenvalue weighted by molar-refractivity contribution is 5.81. The van der Waals surface area contributed by atoms with Gasteiger partial charge in [-0.15, -0.1) is 0 Å². The second-order valence-corrected chi connectivity index (χ2v) is 7.60. The smallest absolute Gasteiger partial charge is 0.241 e. The molecule has 2 aliphatic heterocycles. The number of para-hydroxylation sites is 1. The maximum Gasteiger partial charge on any atom is 0.241 e. The Morgan fingerprint density at radius 1 is 1.12 bits per heavy atom. The van der Waals surface area contributed by atoms with Crippen LogP contribution in [0, 0.1) is 13.8 Å². The van der Waals surface area contributed by atoms with Gasteiger partial charge in [0.25, 0.3) is 0 Å². The first-order valence-electron chi connectivity index (χ1n) is 9.55. The van der Waals surface area contributed by atoms with Crippen LogP contribution in [0.5, 0.6) is 0 Å². The molecule has 0 spiro atoms. The minimum atomic E-state index is 0.211. The van der Waals surface area contributed by atoms with E-state index < -0.39 is 0 Å². The van der Waals surface area contributed by atoms with Crippen LogP contribution in [0.25, 0.3) is 0 Å². The number of nitrogens with one attached hydrogen (secondary N) is 1. The second-order valence-electron chi connectivity index (χ2n) is 7.60.